The average molecular weight is 416 g/mol. The maximum Gasteiger partial charge on any atom is 0.308 e. The van der Waals surface area contributed by atoms with E-state index in [0.29, 0.717) is 11.3 Å². The summed E-state index contributed by atoms with van der Waals surface area (Å²) in [6, 6.07) is 24.7. The van der Waals surface area contributed by atoms with Crippen molar-refractivity contribution in [3.63, 3.8) is 0 Å². The molecule has 3 aromatic rings. The molecule has 0 aliphatic rings. The summed E-state index contributed by atoms with van der Waals surface area (Å²) >= 11 is 0. The van der Waals surface area contributed by atoms with Gasteiger partial charge in [-0.1, -0.05) is 60.7 Å². The molecule has 1 atom stereocenters. The van der Waals surface area contributed by atoms with Gasteiger partial charge in [-0.3, -0.25) is 14.4 Å². The van der Waals surface area contributed by atoms with Crippen molar-refractivity contribution in [1.82, 2.24) is 5.32 Å². The van der Waals surface area contributed by atoms with E-state index in [9.17, 15) is 14.4 Å². The van der Waals surface area contributed by atoms with Crippen molar-refractivity contribution in [2.24, 2.45) is 0 Å². The van der Waals surface area contributed by atoms with Crippen LogP contribution in [0.3, 0.4) is 0 Å². The van der Waals surface area contributed by atoms with E-state index in [2.05, 4.69) is 10.6 Å². The summed E-state index contributed by atoms with van der Waals surface area (Å²) in [5, 5.41) is 5.56. The number of carbonyl (C=O) groups excluding carboxylic acids is 3. The van der Waals surface area contributed by atoms with Crippen molar-refractivity contribution in [1.29, 1.82) is 0 Å². The summed E-state index contributed by atoms with van der Waals surface area (Å²) in [4.78, 5) is 37.1. The third-order valence-electron chi connectivity index (χ3n) is 4.58. The fourth-order valence-electron chi connectivity index (χ4n) is 3.06. The van der Waals surface area contributed by atoms with Gasteiger partial charge in [0.1, 0.15) is 0 Å². The van der Waals surface area contributed by atoms with Gasteiger partial charge in [-0.15, -0.1) is 0 Å². The minimum atomic E-state index is -0.582. The molecule has 2 N–H and O–H groups in total. The van der Waals surface area contributed by atoms with Crippen LogP contribution in [0.4, 0.5) is 5.69 Å². The molecule has 0 saturated carbocycles. The molecule has 0 spiro atoms. The number of nitrogens with one attached hydrogen (secondary N) is 2. The van der Waals surface area contributed by atoms with E-state index in [1.165, 1.54) is 0 Å². The van der Waals surface area contributed by atoms with Crippen LogP contribution < -0.4 is 10.6 Å². The van der Waals surface area contributed by atoms with Gasteiger partial charge < -0.3 is 15.4 Å². The molecule has 6 heteroatoms. The molecule has 0 aliphatic heterocycles. The predicted molar refractivity (Wildman–Crippen MR) is 118 cm³/mol. The number of hydrogen-bond acceptors (Lipinski definition) is 4. The van der Waals surface area contributed by atoms with Gasteiger partial charge >= 0.3 is 5.97 Å². The van der Waals surface area contributed by atoms with Gasteiger partial charge in [0.15, 0.2) is 6.61 Å². The lowest BCUT2D eigenvalue weighted by Crippen LogP contribution is -2.31. The Kier molecular flexibility index (Phi) is 7.54. The summed E-state index contributed by atoms with van der Waals surface area (Å²) in [7, 11) is 0. The second-order valence-corrected chi connectivity index (χ2v) is 7.09. The van der Waals surface area contributed by atoms with E-state index in [1.54, 1.807) is 30.3 Å². The largest absolute Gasteiger partial charge is 0.455 e. The molecule has 0 radical (unpaired) electrons. The van der Waals surface area contributed by atoms with Crippen LogP contribution in [0.2, 0.25) is 0 Å². The SMILES string of the molecule is Cc1cccc(NC(=O)COC(=O)C[C@@H](NC(=O)c2ccccc2)c2ccccc2)c1. The molecule has 0 fully saturated rings. The van der Waals surface area contributed by atoms with Crippen molar-refractivity contribution in [2.75, 3.05) is 11.9 Å². The number of hydrogen-bond donors (Lipinski definition) is 2. The highest BCUT2D eigenvalue weighted by molar-refractivity contribution is 5.95. The summed E-state index contributed by atoms with van der Waals surface area (Å²) < 4.78 is 5.14. The Hall–Kier alpha value is -3.93. The lowest BCUT2D eigenvalue weighted by atomic mass is 10.0. The Balaban J connectivity index is 1.59. The number of ether oxygens (including phenoxy) is 1. The molecule has 0 unspecified atom stereocenters. The Bertz CT molecular complexity index is 1040. The maximum atomic E-state index is 12.6. The first-order valence-corrected chi connectivity index (χ1v) is 9.94. The minimum absolute atomic E-state index is 0.0969. The number of amides is 2. The normalized spacial score (nSPS) is 11.3. The van der Waals surface area contributed by atoms with Crippen LogP contribution in [0.25, 0.3) is 0 Å². The molecular weight excluding hydrogens is 392 g/mol. The van der Waals surface area contributed by atoms with Crippen molar-refractivity contribution in [3.05, 3.63) is 102 Å². The summed E-state index contributed by atoms with van der Waals surface area (Å²) in [6.45, 7) is 1.52. The number of anilines is 1. The minimum Gasteiger partial charge on any atom is -0.455 e. The lowest BCUT2D eigenvalue weighted by Gasteiger charge is -2.19. The fourth-order valence-corrected chi connectivity index (χ4v) is 3.06. The van der Waals surface area contributed by atoms with Gasteiger partial charge in [-0.2, -0.15) is 0 Å². The zero-order chi connectivity index (χ0) is 22.1. The molecule has 0 saturated heterocycles. The highest BCUT2D eigenvalue weighted by Crippen LogP contribution is 2.18. The van der Waals surface area contributed by atoms with Crippen molar-refractivity contribution < 1.29 is 19.1 Å². The summed E-state index contributed by atoms with van der Waals surface area (Å²) in [5.74, 6) is -1.30. The molecule has 0 heterocycles. The van der Waals surface area contributed by atoms with Gasteiger partial charge in [-0.05, 0) is 42.3 Å². The quantitative estimate of drug-likeness (QED) is 0.543. The molecule has 158 valence electrons. The summed E-state index contributed by atoms with van der Waals surface area (Å²) in [6.07, 6.45) is -0.0969. The molecule has 0 aromatic heterocycles. The van der Waals surface area contributed by atoms with Gasteiger partial charge in [0.25, 0.3) is 11.8 Å². The lowest BCUT2D eigenvalue weighted by molar-refractivity contribution is -0.147. The van der Waals surface area contributed by atoms with Crippen LogP contribution in [-0.2, 0) is 14.3 Å². The second kappa shape index (κ2) is 10.7. The third-order valence-corrected chi connectivity index (χ3v) is 4.58. The van der Waals surface area contributed by atoms with Gasteiger partial charge in [0.05, 0.1) is 12.5 Å². The van der Waals surface area contributed by atoms with Crippen molar-refractivity contribution in [3.8, 4) is 0 Å². The number of benzene rings is 3. The third kappa shape index (κ3) is 6.82. The first kappa shape index (κ1) is 21.8. The molecule has 6 nitrogen and oxygen atoms in total. The molecule has 3 aromatic carbocycles. The topological polar surface area (TPSA) is 84.5 Å². The molecular formula is C25H24N2O4. The predicted octanol–water partition coefficient (Wildman–Crippen LogP) is 4.04. The van der Waals surface area contributed by atoms with E-state index in [1.807, 2.05) is 61.5 Å². The Morgan fingerprint density at radius 3 is 2.23 bits per heavy atom. The molecule has 31 heavy (non-hydrogen) atoms. The van der Waals surface area contributed by atoms with Crippen molar-refractivity contribution in [2.45, 2.75) is 19.4 Å². The van der Waals surface area contributed by atoms with E-state index in [-0.39, 0.29) is 12.3 Å². The molecule has 3 rings (SSSR count). The monoisotopic (exact) mass is 416 g/mol. The number of rotatable bonds is 8. The Morgan fingerprint density at radius 1 is 0.871 bits per heavy atom. The Labute approximate surface area is 181 Å². The van der Waals surface area contributed by atoms with E-state index >= 15 is 0 Å². The maximum absolute atomic E-state index is 12.6. The van der Waals surface area contributed by atoms with Crippen LogP contribution in [0.5, 0.6) is 0 Å². The number of esters is 1. The van der Waals surface area contributed by atoms with Gasteiger partial charge in [0.2, 0.25) is 0 Å². The zero-order valence-electron chi connectivity index (χ0n) is 17.2. The molecule has 0 bridgehead atoms. The van der Waals surface area contributed by atoms with Gasteiger partial charge in [0, 0.05) is 11.3 Å². The molecule has 2 amide bonds. The summed E-state index contributed by atoms with van der Waals surface area (Å²) in [5.41, 5.74) is 2.91. The number of aryl methyl sites for hydroxylation is 1. The van der Waals surface area contributed by atoms with E-state index in [4.69, 9.17) is 4.74 Å². The van der Waals surface area contributed by atoms with E-state index < -0.39 is 24.5 Å². The fraction of sp³-hybridized carbons (Fsp3) is 0.160. The van der Waals surface area contributed by atoms with Crippen LogP contribution in [0, 0.1) is 6.92 Å². The average Bonchev–Trinajstić information content (AvgIpc) is 2.78. The van der Waals surface area contributed by atoms with Crippen molar-refractivity contribution >= 4 is 23.5 Å². The second-order valence-electron chi connectivity index (χ2n) is 7.09. The van der Waals surface area contributed by atoms with Crippen LogP contribution >= 0.6 is 0 Å². The van der Waals surface area contributed by atoms with Crippen LogP contribution in [0.15, 0.2) is 84.9 Å². The van der Waals surface area contributed by atoms with Crippen LogP contribution in [-0.4, -0.2) is 24.4 Å². The number of carbonyl (C=O) groups is 3. The van der Waals surface area contributed by atoms with Crippen LogP contribution in [0.1, 0.15) is 33.9 Å². The standard InChI is InChI=1S/C25H24N2O4/c1-18-9-8-14-21(15-18)26-23(28)17-31-24(29)16-22(19-10-4-2-5-11-19)27-25(30)20-12-6-3-7-13-20/h2-15,22H,16-17H2,1H3,(H,26,28)(H,27,30)/t22-/m1/s1. The molecule has 0 aliphatic carbocycles. The highest BCUT2D eigenvalue weighted by atomic mass is 16.5. The first-order chi connectivity index (χ1) is 15.0. The highest BCUT2D eigenvalue weighted by Gasteiger charge is 2.20. The van der Waals surface area contributed by atoms with E-state index in [0.717, 1.165) is 11.1 Å². The Morgan fingerprint density at radius 2 is 1.55 bits per heavy atom. The first-order valence-electron chi connectivity index (χ1n) is 9.94. The smallest absolute Gasteiger partial charge is 0.308 e. The van der Waals surface area contributed by atoms with Gasteiger partial charge in [-0.25, -0.2) is 0 Å². The zero-order valence-corrected chi connectivity index (χ0v) is 17.2.